The van der Waals surface area contributed by atoms with E-state index in [2.05, 4.69) is 10.2 Å². The van der Waals surface area contributed by atoms with Crippen LogP contribution in [0.2, 0.25) is 0 Å². The monoisotopic (exact) mass is 311 g/mol. The van der Waals surface area contributed by atoms with Crippen molar-refractivity contribution in [1.29, 1.82) is 0 Å². The largest absolute Gasteiger partial charge is 0.444 e. The molecule has 1 saturated carbocycles. The van der Waals surface area contributed by atoms with Crippen molar-refractivity contribution in [2.75, 3.05) is 32.7 Å². The molecule has 0 radical (unpaired) electrons. The number of carbonyl (C=O) groups excluding carboxylic acids is 2. The van der Waals surface area contributed by atoms with E-state index in [0.717, 1.165) is 58.4 Å². The molecular formula is C16H29N3O3. The lowest BCUT2D eigenvalue weighted by atomic mass is 9.80. The number of amides is 2. The third-order valence-electron chi connectivity index (χ3n) is 4.25. The van der Waals surface area contributed by atoms with Crippen LogP contribution in [0, 0.1) is 5.92 Å². The van der Waals surface area contributed by atoms with Crippen molar-refractivity contribution in [2.24, 2.45) is 5.92 Å². The van der Waals surface area contributed by atoms with Gasteiger partial charge in [-0.2, -0.15) is 0 Å². The van der Waals surface area contributed by atoms with Gasteiger partial charge in [0.1, 0.15) is 5.60 Å². The van der Waals surface area contributed by atoms with Crippen molar-refractivity contribution in [3.63, 3.8) is 0 Å². The first-order valence-corrected chi connectivity index (χ1v) is 8.27. The van der Waals surface area contributed by atoms with Gasteiger partial charge in [0.25, 0.3) is 0 Å². The van der Waals surface area contributed by atoms with Crippen LogP contribution in [0.3, 0.4) is 0 Å². The van der Waals surface area contributed by atoms with E-state index in [9.17, 15) is 9.59 Å². The van der Waals surface area contributed by atoms with Crippen molar-refractivity contribution in [3.8, 4) is 0 Å². The summed E-state index contributed by atoms with van der Waals surface area (Å²) in [5, 5.41) is 2.93. The molecule has 0 bridgehead atoms. The Bertz CT molecular complexity index is 389. The summed E-state index contributed by atoms with van der Waals surface area (Å²) in [6.07, 6.45) is 3.73. The number of ether oxygens (including phenoxy) is 1. The van der Waals surface area contributed by atoms with Crippen LogP contribution in [0.15, 0.2) is 0 Å². The standard InChI is InChI=1S/C16H29N3O3/c1-16(2,3)22-15(21)17-14-9-13(10-14)11-18-5-4-6-19(12-20)8-7-18/h12-14H,4-11H2,1-3H3,(H,17,21). The lowest BCUT2D eigenvalue weighted by Gasteiger charge is -2.38. The van der Waals surface area contributed by atoms with E-state index >= 15 is 0 Å². The minimum Gasteiger partial charge on any atom is -0.444 e. The van der Waals surface area contributed by atoms with Gasteiger partial charge in [0.05, 0.1) is 0 Å². The smallest absolute Gasteiger partial charge is 0.407 e. The fourth-order valence-corrected chi connectivity index (χ4v) is 3.12. The minimum atomic E-state index is -0.441. The Kier molecular flexibility index (Phi) is 5.67. The van der Waals surface area contributed by atoms with Crippen molar-refractivity contribution in [3.05, 3.63) is 0 Å². The number of hydrogen-bond donors (Lipinski definition) is 1. The summed E-state index contributed by atoms with van der Waals surface area (Å²) in [4.78, 5) is 26.8. The number of carbonyl (C=O) groups is 2. The molecule has 2 aliphatic rings. The van der Waals surface area contributed by atoms with Gasteiger partial charge >= 0.3 is 6.09 Å². The highest BCUT2D eigenvalue weighted by Crippen LogP contribution is 2.28. The molecule has 1 aliphatic carbocycles. The van der Waals surface area contributed by atoms with Gasteiger partial charge in [0, 0.05) is 32.2 Å². The lowest BCUT2D eigenvalue weighted by molar-refractivity contribution is -0.118. The van der Waals surface area contributed by atoms with Crippen LogP contribution in [-0.4, -0.2) is 66.7 Å². The SMILES string of the molecule is CC(C)(C)OC(=O)NC1CC(CN2CCCN(C=O)CC2)C1. The molecule has 0 spiro atoms. The van der Waals surface area contributed by atoms with E-state index < -0.39 is 5.60 Å². The summed E-state index contributed by atoms with van der Waals surface area (Å²) in [7, 11) is 0. The number of nitrogens with one attached hydrogen (secondary N) is 1. The topological polar surface area (TPSA) is 61.9 Å². The van der Waals surface area contributed by atoms with E-state index in [-0.39, 0.29) is 12.1 Å². The Morgan fingerprint density at radius 3 is 2.59 bits per heavy atom. The number of rotatable bonds is 4. The summed E-state index contributed by atoms with van der Waals surface area (Å²) in [5.74, 6) is 0.641. The van der Waals surface area contributed by atoms with Gasteiger partial charge in [-0.15, -0.1) is 0 Å². The van der Waals surface area contributed by atoms with Gasteiger partial charge in [-0.25, -0.2) is 4.79 Å². The molecule has 1 aliphatic heterocycles. The van der Waals surface area contributed by atoms with Gasteiger partial charge < -0.3 is 19.9 Å². The highest BCUT2D eigenvalue weighted by molar-refractivity contribution is 5.68. The fraction of sp³-hybridized carbons (Fsp3) is 0.875. The first-order valence-electron chi connectivity index (χ1n) is 8.27. The molecule has 0 aromatic rings. The molecule has 126 valence electrons. The van der Waals surface area contributed by atoms with Crippen LogP contribution in [0.1, 0.15) is 40.0 Å². The summed E-state index contributed by atoms with van der Waals surface area (Å²) in [6.45, 7) is 10.4. The van der Waals surface area contributed by atoms with Crippen molar-refractivity contribution in [1.82, 2.24) is 15.1 Å². The predicted octanol–water partition coefficient (Wildman–Crippen LogP) is 1.45. The Hall–Kier alpha value is -1.30. The molecule has 1 heterocycles. The fourth-order valence-electron chi connectivity index (χ4n) is 3.12. The zero-order valence-corrected chi connectivity index (χ0v) is 14.0. The maximum Gasteiger partial charge on any atom is 0.407 e. The number of alkyl carbamates (subject to hydrolysis) is 1. The summed E-state index contributed by atoms with van der Waals surface area (Å²) in [5.41, 5.74) is -0.441. The Morgan fingerprint density at radius 1 is 1.23 bits per heavy atom. The molecule has 2 amide bonds. The van der Waals surface area contributed by atoms with E-state index in [4.69, 9.17) is 4.74 Å². The van der Waals surface area contributed by atoms with E-state index in [1.165, 1.54) is 0 Å². The quantitative estimate of drug-likeness (QED) is 0.798. The number of hydrogen-bond acceptors (Lipinski definition) is 4. The highest BCUT2D eigenvalue weighted by atomic mass is 16.6. The first-order chi connectivity index (χ1) is 10.4. The molecular weight excluding hydrogens is 282 g/mol. The van der Waals surface area contributed by atoms with Gasteiger partial charge in [0.2, 0.25) is 6.41 Å². The van der Waals surface area contributed by atoms with Gasteiger partial charge in [-0.3, -0.25) is 4.79 Å². The predicted molar refractivity (Wildman–Crippen MR) is 84.6 cm³/mol. The van der Waals surface area contributed by atoms with Crippen LogP contribution in [-0.2, 0) is 9.53 Å². The summed E-state index contributed by atoms with van der Waals surface area (Å²) >= 11 is 0. The van der Waals surface area contributed by atoms with Crippen molar-refractivity contribution < 1.29 is 14.3 Å². The normalized spacial score (nSPS) is 26.8. The van der Waals surface area contributed by atoms with Crippen LogP contribution in [0.4, 0.5) is 4.79 Å². The minimum absolute atomic E-state index is 0.248. The number of nitrogens with zero attached hydrogens (tertiary/aromatic N) is 2. The van der Waals surface area contributed by atoms with Gasteiger partial charge in [0.15, 0.2) is 0 Å². The van der Waals surface area contributed by atoms with E-state index in [1.54, 1.807) is 0 Å². The average Bonchev–Trinajstić information content (AvgIpc) is 2.59. The van der Waals surface area contributed by atoms with Gasteiger partial charge in [-0.05, 0) is 52.5 Å². The van der Waals surface area contributed by atoms with E-state index in [0.29, 0.717) is 5.92 Å². The molecule has 6 nitrogen and oxygen atoms in total. The van der Waals surface area contributed by atoms with E-state index in [1.807, 2.05) is 25.7 Å². The van der Waals surface area contributed by atoms with Crippen LogP contribution in [0.25, 0.3) is 0 Å². The molecule has 0 aromatic carbocycles. The Balaban J connectivity index is 1.63. The second-order valence-electron chi connectivity index (χ2n) is 7.48. The molecule has 1 saturated heterocycles. The Morgan fingerprint density at radius 2 is 1.95 bits per heavy atom. The average molecular weight is 311 g/mol. The highest BCUT2D eigenvalue weighted by Gasteiger charge is 2.32. The molecule has 22 heavy (non-hydrogen) atoms. The van der Waals surface area contributed by atoms with Crippen LogP contribution >= 0.6 is 0 Å². The first kappa shape index (κ1) is 17.1. The van der Waals surface area contributed by atoms with Crippen LogP contribution < -0.4 is 5.32 Å². The Labute approximate surface area is 133 Å². The van der Waals surface area contributed by atoms with Crippen molar-refractivity contribution in [2.45, 2.75) is 51.7 Å². The second-order valence-corrected chi connectivity index (χ2v) is 7.48. The second kappa shape index (κ2) is 7.31. The maximum atomic E-state index is 11.7. The molecule has 2 fully saturated rings. The third-order valence-corrected chi connectivity index (χ3v) is 4.25. The molecule has 2 rings (SSSR count). The summed E-state index contributed by atoms with van der Waals surface area (Å²) in [6, 6.07) is 0.248. The zero-order valence-electron chi connectivity index (χ0n) is 14.0. The summed E-state index contributed by atoms with van der Waals surface area (Å²) < 4.78 is 5.27. The third kappa shape index (κ3) is 5.48. The molecule has 1 N–H and O–H groups in total. The van der Waals surface area contributed by atoms with Crippen molar-refractivity contribution >= 4 is 12.5 Å². The lowest BCUT2D eigenvalue weighted by Crippen LogP contribution is -2.49. The molecule has 6 heteroatoms. The molecule has 0 unspecified atom stereocenters. The van der Waals surface area contributed by atoms with Crippen LogP contribution in [0.5, 0.6) is 0 Å². The molecule has 0 atom stereocenters. The maximum absolute atomic E-state index is 11.7. The zero-order chi connectivity index (χ0) is 16.2. The van der Waals surface area contributed by atoms with Gasteiger partial charge in [-0.1, -0.05) is 0 Å². The molecule has 0 aromatic heterocycles.